The van der Waals surface area contributed by atoms with Crippen LogP contribution in [0, 0.1) is 0 Å². The third-order valence-electron chi connectivity index (χ3n) is 1.92. The average molecular weight is 226 g/mol. The van der Waals surface area contributed by atoms with E-state index in [4.69, 9.17) is 9.84 Å². The number of ether oxygens (including phenoxy) is 1. The van der Waals surface area contributed by atoms with Crippen LogP contribution in [0.5, 0.6) is 0 Å². The van der Waals surface area contributed by atoms with Gasteiger partial charge in [0, 0.05) is 6.08 Å². The van der Waals surface area contributed by atoms with E-state index >= 15 is 0 Å². The number of unbranched alkanes of at least 4 members (excludes halogenated alkanes) is 3. The fourth-order valence-electron chi connectivity index (χ4n) is 1.03. The van der Waals surface area contributed by atoms with Crippen molar-refractivity contribution in [2.24, 2.45) is 0 Å². The van der Waals surface area contributed by atoms with E-state index in [0.717, 1.165) is 37.8 Å². The van der Waals surface area contributed by atoms with Gasteiger partial charge in [-0.25, -0.2) is 9.59 Å². The summed E-state index contributed by atoms with van der Waals surface area (Å²) in [6.07, 6.45) is 6.10. The highest BCUT2D eigenvalue weighted by atomic mass is 16.5. The molecule has 0 aliphatic heterocycles. The summed E-state index contributed by atoms with van der Waals surface area (Å²) in [6, 6.07) is 0. The molecule has 0 spiro atoms. The maximum atomic E-state index is 11.2. The van der Waals surface area contributed by atoms with Crippen LogP contribution in [0.2, 0.25) is 0 Å². The van der Waals surface area contributed by atoms with E-state index in [2.05, 4.69) is 13.5 Å². The molecule has 0 amide bonds. The van der Waals surface area contributed by atoms with Crippen molar-refractivity contribution in [3.8, 4) is 0 Å². The van der Waals surface area contributed by atoms with Crippen LogP contribution in [0.15, 0.2) is 24.3 Å². The number of hydrogen-bond acceptors (Lipinski definition) is 3. The smallest absolute Gasteiger partial charge is 0.337 e. The maximum Gasteiger partial charge on any atom is 0.337 e. The number of aliphatic carboxylic acids is 1. The van der Waals surface area contributed by atoms with Crippen LogP contribution in [0.1, 0.15) is 32.6 Å². The molecule has 0 heterocycles. The average Bonchev–Trinajstić information content (AvgIpc) is 2.25. The molecule has 0 rings (SSSR count). The molecule has 0 aromatic rings. The number of esters is 1. The van der Waals surface area contributed by atoms with Crippen LogP contribution in [-0.2, 0) is 14.3 Å². The molecular weight excluding hydrogens is 208 g/mol. The molecular formula is C12H18O4. The molecule has 0 atom stereocenters. The quantitative estimate of drug-likeness (QED) is 0.298. The van der Waals surface area contributed by atoms with Gasteiger partial charge >= 0.3 is 11.9 Å². The second-order valence-electron chi connectivity index (χ2n) is 3.39. The lowest BCUT2D eigenvalue weighted by Gasteiger charge is -2.03. The van der Waals surface area contributed by atoms with Gasteiger partial charge in [-0.1, -0.05) is 32.8 Å². The lowest BCUT2D eigenvalue weighted by atomic mass is 10.2. The molecule has 0 saturated carbocycles. The Morgan fingerprint density at radius 1 is 1.25 bits per heavy atom. The van der Waals surface area contributed by atoms with E-state index in [1.165, 1.54) is 0 Å². The molecule has 0 fully saturated rings. The van der Waals surface area contributed by atoms with E-state index in [1.807, 2.05) is 0 Å². The summed E-state index contributed by atoms with van der Waals surface area (Å²) in [5, 5.41) is 8.34. The predicted octanol–water partition coefficient (Wildman–Crippen LogP) is 2.31. The van der Waals surface area contributed by atoms with Crippen molar-refractivity contribution in [2.75, 3.05) is 6.61 Å². The molecule has 4 heteroatoms. The highest BCUT2D eigenvalue weighted by Gasteiger charge is 2.05. The Morgan fingerprint density at radius 3 is 2.50 bits per heavy atom. The molecule has 1 N–H and O–H groups in total. The first-order valence-corrected chi connectivity index (χ1v) is 5.35. The molecule has 0 unspecified atom stereocenters. The van der Waals surface area contributed by atoms with Gasteiger partial charge in [-0.05, 0) is 12.5 Å². The molecule has 0 aromatic carbocycles. The van der Waals surface area contributed by atoms with Gasteiger partial charge in [0.2, 0.25) is 0 Å². The Balaban J connectivity index is 3.72. The maximum absolute atomic E-state index is 11.2. The molecule has 0 aliphatic rings. The summed E-state index contributed by atoms with van der Waals surface area (Å²) in [5.41, 5.74) is 0.0536. The van der Waals surface area contributed by atoms with Gasteiger partial charge < -0.3 is 9.84 Å². The fourth-order valence-corrected chi connectivity index (χ4v) is 1.03. The van der Waals surface area contributed by atoms with E-state index in [1.54, 1.807) is 0 Å². The lowest BCUT2D eigenvalue weighted by Crippen LogP contribution is -2.07. The first-order valence-electron chi connectivity index (χ1n) is 5.35. The van der Waals surface area contributed by atoms with Crippen molar-refractivity contribution in [3.63, 3.8) is 0 Å². The third-order valence-corrected chi connectivity index (χ3v) is 1.92. The first kappa shape index (κ1) is 14.4. The number of rotatable bonds is 8. The molecule has 90 valence electrons. The van der Waals surface area contributed by atoms with Crippen molar-refractivity contribution in [3.05, 3.63) is 24.3 Å². The van der Waals surface area contributed by atoms with Gasteiger partial charge in [-0.3, -0.25) is 0 Å². The number of carboxylic acids is 1. The van der Waals surface area contributed by atoms with Crippen LogP contribution >= 0.6 is 0 Å². The Kier molecular flexibility index (Phi) is 7.85. The van der Waals surface area contributed by atoms with Crippen LogP contribution in [0.25, 0.3) is 0 Å². The molecule has 0 aliphatic carbocycles. The van der Waals surface area contributed by atoms with E-state index in [-0.39, 0.29) is 5.57 Å². The zero-order valence-corrected chi connectivity index (χ0v) is 9.57. The fraction of sp³-hybridized carbons (Fsp3) is 0.500. The van der Waals surface area contributed by atoms with Gasteiger partial charge in [0.25, 0.3) is 0 Å². The summed E-state index contributed by atoms with van der Waals surface area (Å²) < 4.78 is 4.90. The summed E-state index contributed by atoms with van der Waals surface area (Å²) in [7, 11) is 0. The summed E-state index contributed by atoms with van der Waals surface area (Å²) >= 11 is 0. The Morgan fingerprint density at radius 2 is 1.94 bits per heavy atom. The van der Waals surface area contributed by atoms with Gasteiger partial charge in [-0.2, -0.15) is 0 Å². The molecule has 4 nitrogen and oxygen atoms in total. The minimum atomic E-state index is -1.11. The molecule has 0 saturated heterocycles. The Hall–Kier alpha value is -1.58. The SMILES string of the molecule is C=C(C=CC(=O)O)C(=O)OCCCCCC. The van der Waals surface area contributed by atoms with E-state index in [0.29, 0.717) is 6.61 Å². The van der Waals surface area contributed by atoms with E-state index in [9.17, 15) is 9.59 Å². The van der Waals surface area contributed by atoms with Crippen molar-refractivity contribution < 1.29 is 19.4 Å². The minimum absolute atomic E-state index is 0.0536. The lowest BCUT2D eigenvalue weighted by molar-refractivity contribution is -0.138. The summed E-state index contributed by atoms with van der Waals surface area (Å²) in [5.74, 6) is -1.68. The van der Waals surface area contributed by atoms with Crippen molar-refractivity contribution in [2.45, 2.75) is 32.6 Å². The van der Waals surface area contributed by atoms with Gasteiger partial charge in [0.15, 0.2) is 0 Å². The zero-order valence-electron chi connectivity index (χ0n) is 9.57. The predicted molar refractivity (Wildman–Crippen MR) is 61.0 cm³/mol. The van der Waals surface area contributed by atoms with Gasteiger partial charge in [-0.15, -0.1) is 0 Å². The van der Waals surface area contributed by atoms with E-state index < -0.39 is 11.9 Å². The monoisotopic (exact) mass is 226 g/mol. The van der Waals surface area contributed by atoms with Crippen molar-refractivity contribution >= 4 is 11.9 Å². The van der Waals surface area contributed by atoms with Crippen molar-refractivity contribution in [1.82, 2.24) is 0 Å². The molecule has 0 aromatic heterocycles. The standard InChI is InChI=1S/C12H18O4/c1-3-4-5-6-9-16-12(15)10(2)7-8-11(13)14/h7-8H,2-6,9H2,1H3,(H,13,14). The summed E-state index contributed by atoms with van der Waals surface area (Å²) in [6.45, 7) is 5.88. The zero-order chi connectivity index (χ0) is 12.4. The second-order valence-corrected chi connectivity index (χ2v) is 3.39. The van der Waals surface area contributed by atoms with Crippen LogP contribution in [0.3, 0.4) is 0 Å². The molecule has 0 bridgehead atoms. The van der Waals surface area contributed by atoms with Crippen LogP contribution in [-0.4, -0.2) is 23.7 Å². The molecule has 16 heavy (non-hydrogen) atoms. The number of carbonyl (C=O) groups is 2. The first-order chi connectivity index (χ1) is 7.57. The topological polar surface area (TPSA) is 63.6 Å². The Bertz CT molecular complexity index is 279. The molecule has 0 radical (unpaired) electrons. The van der Waals surface area contributed by atoms with Gasteiger partial charge in [0.1, 0.15) is 0 Å². The van der Waals surface area contributed by atoms with Gasteiger partial charge in [0.05, 0.1) is 12.2 Å². The number of hydrogen-bond donors (Lipinski definition) is 1. The Labute approximate surface area is 95.6 Å². The largest absolute Gasteiger partial charge is 0.478 e. The number of carbonyl (C=O) groups excluding carboxylic acids is 1. The van der Waals surface area contributed by atoms with Crippen LogP contribution < -0.4 is 0 Å². The highest BCUT2D eigenvalue weighted by Crippen LogP contribution is 2.02. The minimum Gasteiger partial charge on any atom is -0.478 e. The summed E-state index contributed by atoms with van der Waals surface area (Å²) in [4.78, 5) is 21.4. The van der Waals surface area contributed by atoms with Crippen molar-refractivity contribution in [1.29, 1.82) is 0 Å². The third kappa shape index (κ3) is 7.79. The van der Waals surface area contributed by atoms with Crippen LogP contribution in [0.4, 0.5) is 0 Å². The highest BCUT2D eigenvalue weighted by molar-refractivity contribution is 5.93. The second kappa shape index (κ2) is 8.71. The number of carboxylic acid groups (broad SMARTS) is 1. The normalized spacial score (nSPS) is 10.3.